The molecule has 0 fully saturated rings. The van der Waals surface area contributed by atoms with Crippen molar-refractivity contribution in [3.63, 3.8) is 0 Å². The van der Waals surface area contributed by atoms with Crippen LogP contribution in [0, 0.1) is 0 Å². The second-order valence-corrected chi connectivity index (χ2v) is 8.62. The van der Waals surface area contributed by atoms with Gasteiger partial charge >= 0.3 is 0 Å². The van der Waals surface area contributed by atoms with Gasteiger partial charge in [-0.05, 0) is 48.5 Å². The molecule has 9 heteroatoms. The molecule has 2 N–H and O–H groups in total. The fourth-order valence-corrected chi connectivity index (χ4v) is 3.98. The van der Waals surface area contributed by atoms with Crippen LogP contribution in [0.15, 0.2) is 83.8 Å². The Morgan fingerprint density at radius 1 is 0.906 bits per heavy atom. The predicted molar refractivity (Wildman–Crippen MR) is 122 cm³/mol. The minimum Gasteiger partial charge on any atom is -0.497 e. The molecule has 0 radical (unpaired) electrons. The maximum atomic E-state index is 12.6. The van der Waals surface area contributed by atoms with Gasteiger partial charge in [-0.3, -0.25) is 14.3 Å². The molecule has 3 aromatic carbocycles. The summed E-state index contributed by atoms with van der Waals surface area (Å²) in [5.74, 6) is -0.125. The number of nitrogens with zero attached hydrogens (tertiary/aromatic N) is 1. The van der Waals surface area contributed by atoms with Gasteiger partial charge in [-0.2, -0.15) is 0 Å². The quantitative estimate of drug-likeness (QED) is 0.545. The minimum absolute atomic E-state index is 0.141. The largest absolute Gasteiger partial charge is 0.497 e. The first-order chi connectivity index (χ1) is 15.3. The fourth-order valence-electron chi connectivity index (χ4n) is 2.90. The highest BCUT2D eigenvalue weighted by Gasteiger charge is 2.17. The molecule has 0 atom stereocenters. The summed E-state index contributed by atoms with van der Waals surface area (Å²) in [4.78, 5) is 26.3. The zero-order chi connectivity index (χ0) is 23.1. The number of sulfonamides is 1. The summed E-state index contributed by atoms with van der Waals surface area (Å²) in [5, 5.41) is 2.71. The van der Waals surface area contributed by atoms with Crippen LogP contribution >= 0.6 is 0 Å². The predicted octanol–water partition coefficient (Wildman–Crippen LogP) is 3.21. The summed E-state index contributed by atoms with van der Waals surface area (Å²) < 4.78 is 32.4. The third-order valence-electron chi connectivity index (χ3n) is 4.52. The average molecular weight is 454 g/mol. The maximum Gasteiger partial charge on any atom is 0.261 e. The van der Waals surface area contributed by atoms with Crippen LogP contribution in [0.2, 0.25) is 0 Å². The summed E-state index contributed by atoms with van der Waals surface area (Å²) in [6.07, 6.45) is 0. The summed E-state index contributed by atoms with van der Waals surface area (Å²) in [6, 6.07) is 20.9. The number of carbonyl (C=O) groups is 2. The van der Waals surface area contributed by atoms with E-state index in [0.29, 0.717) is 22.7 Å². The standard InChI is InChI=1S/C23H23N3O5S/c1-26(16-22(27)24-19-7-6-8-20(15-19)31-2)23(28)17-11-13-18(14-12-17)25-32(29,30)21-9-4-3-5-10-21/h3-15,25H,16H2,1-2H3,(H,24,27). The van der Waals surface area contributed by atoms with Crippen LogP contribution in [0.1, 0.15) is 10.4 Å². The number of hydrogen-bond acceptors (Lipinski definition) is 5. The van der Waals surface area contributed by atoms with E-state index in [1.807, 2.05) is 0 Å². The molecular formula is C23H23N3O5S. The van der Waals surface area contributed by atoms with E-state index in [1.165, 1.54) is 55.5 Å². The number of ether oxygens (including phenoxy) is 1. The van der Waals surface area contributed by atoms with Gasteiger partial charge in [0.05, 0.1) is 18.6 Å². The van der Waals surface area contributed by atoms with Crippen LogP contribution < -0.4 is 14.8 Å². The molecule has 3 aromatic rings. The normalized spacial score (nSPS) is 10.8. The SMILES string of the molecule is COc1cccc(NC(=O)CN(C)C(=O)c2ccc(NS(=O)(=O)c3ccccc3)cc2)c1. The van der Waals surface area contributed by atoms with Gasteiger partial charge in [0, 0.05) is 30.1 Å². The van der Waals surface area contributed by atoms with Gasteiger partial charge in [0.2, 0.25) is 5.91 Å². The molecule has 0 bridgehead atoms. The topological polar surface area (TPSA) is 105 Å². The molecule has 0 aliphatic heterocycles. The number of rotatable bonds is 8. The number of carbonyl (C=O) groups excluding carboxylic acids is 2. The molecule has 0 aliphatic carbocycles. The van der Waals surface area contributed by atoms with E-state index in [1.54, 1.807) is 42.5 Å². The molecule has 0 heterocycles. The Balaban J connectivity index is 1.60. The van der Waals surface area contributed by atoms with Crippen LogP contribution in [-0.2, 0) is 14.8 Å². The molecule has 0 saturated heterocycles. The lowest BCUT2D eigenvalue weighted by Gasteiger charge is -2.17. The second-order valence-electron chi connectivity index (χ2n) is 6.94. The number of amides is 2. The van der Waals surface area contributed by atoms with Gasteiger partial charge in [0.15, 0.2) is 0 Å². The Morgan fingerprint density at radius 3 is 2.25 bits per heavy atom. The van der Waals surface area contributed by atoms with Gasteiger partial charge in [-0.15, -0.1) is 0 Å². The highest BCUT2D eigenvalue weighted by molar-refractivity contribution is 7.92. The van der Waals surface area contributed by atoms with E-state index in [4.69, 9.17) is 4.74 Å². The lowest BCUT2D eigenvalue weighted by molar-refractivity contribution is -0.116. The van der Waals surface area contributed by atoms with Crippen molar-refractivity contribution in [2.75, 3.05) is 30.7 Å². The molecule has 166 valence electrons. The Hall–Kier alpha value is -3.85. The van der Waals surface area contributed by atoms with Crippen molar-refractivity contribution in [3.8, 4) is 5.75 Å². The monoisotopic (exact) mass is 453 g/mol. The van der Waals surface area contributed by atoms with Crippen LogP contribution in [0.3, 0.4) is 0 Å². The molecule has 0 spiro atoms. The van der Waals surface area contributed by atoms with Crippen LogP contribution in [-0.4, -0.2) is 45.8 Å². The van der Waals surface area contributed by atoms with Crippen LogP contribution in [0.4, 0.5) is 11.4 Å². The third-order valence-corrected chi connectivity index (χ3v) is 5.92. The number of hydrogen-bond donors (Lipinski definition) is 2. The highest BCUT2D eigenvalue weighted by atomic mass is 32.2. The van der Waals surface area contributed by atoms with Crippen molar-refractivity contribution in [2.24, 2.45) is 0 Å². The van der Waals surface area contributed by atoms with Gasteiger partial charge in [-0.25, -0.2) is 8.42 Å². The van der Waals surface area contributed by atoms with Crippen LogP contribution in [0.5, 0.6) is 5.75 Å². The summed E-state index contributed by atoms with van der Waals surface area (Å²) >= 11 is 0. The molecule has 0 unspecified atom stereocenters. The van der Waals surface area contributed by atoms with E-state index in [-0.39, 0.29) is 23.3 Å². The number of anilines is 2. The molecule has 2 amide bonds. The highest BCUT2D eigenvalue weighted by Crippen LogP contribution is 2.18. The van der Waals surface area contributed by atoms with Crippen molar-refractivity contribution in [1.29, 1.82) is 0 Å². The molecule has 3 rings (SSSR count). The van der Waals surface area contributed by atoms with E-state index >= 15 is 0 Å². The number of benzene rings is 3. The molecular weight excluding hydrogens is 430 g/mol. The first kappa shape index (κ1) is 22.8. The molecule has 8 nitrogen and oxygen atoms in total. The smallest absolute Gasteiger partial charge is 0.261 e. The lowest BCUT2D eigenvalue weighted by atomic mass is 10.2. The third kappa shape index (κ3) is 5.86. The van der Waals surface area contributed by atoms with E-state index in [9.17, 15) is 18.0 Å². The number of nitrogens with one attached hydrogen (secondary N) is 2. The fraction of sp³-hybridized carbons (Fsp3) is 0.130. The van der Waals surface area contributed by atoms with Crippen molar-refractivity contribution >= 4 is 33.2 Å². The Kier molecular flexibility index (Phi) is 7.11. The van der Waals surface area contributed by atoms with Crippen molar-refractivity contribution in [1.82, 2.24) is 4.90 Å². The first-order valence-electron chi connectivity index (χ1n) is 9.66. The van der Waals surface area contributed by atoms with Crippen molar-refractivity contribution in [3.05, 3.63) is 84.4 Å². The van der Waals surface area contributed by atoms with E-state index in [0.717, 1.165) is 0 Å². The Labute approximate surface area is 186 Å². The van der Waals surface area contributed by atoms with Crippen molar-refractivity contribution < 1.29 is 22.7 Å². The number of likely N-dealkylation sites (N-methyl/N-ethyl adjacent to an activating group) is 1. The van der Waals surface area contributed by atoms with Crippen LogP contribution in [0.25, 0.3) is 0 Å². The minimum atomic E-state index is -3.72. The zero-order valence-electron chi connectivity index (χ0n) is 17.6. The molecule has 0 aromatic heterocycles. The summed E-state index contributed by atoms with van der Waals surface area (Å²) in [5.41, 5.74) is 1.21. The lowest BCUT2D eigenvalue weighted by Crippen LogP contribution is -2.34. The van der Waals surface area contributed by atoms with Gasteiger partial charge in [0.25, 0.3) is 15.9 Å². The first-order valence-corrected chi connectivity index (χ1v) is 11.1. The van der Waals surface area contributed by atoms with Gasteiger partial charge < -0.3 is 15.0 Å². The average Bonchev–Trinajstić information content (AvgIpc) is 2.79. The number of methoxy groups -OCH3 is 1. The molecule has 0 aliphatic rings. The van der Waals surface area contributed by atoms with Crippen molar-refractivity contribution in [2.45, 2.75) is 4.90 Å². The summed E-state index contributed by atoms with van der Waals surface area (Å²) in [7, 11) is -0.674. The van der Waals surface area contributed by atoms with Gasteiger partial charge in [0.1, 0.15) is 5.75 Å². The molecule has 0 saturated carbocycles. The maximum absolute atomic E-state index is 12.6. The second kappa shape index (κ2) is 9.97. The van der Waals surface area contributed by atoms with Gasteiger partial charge in [-0.1, -0.05) is 24.3 Å². The zero-order valence-corrected chi connectivity index (χ0v) is 18.4. The molecule has 32 heavy (non-hydrogen) atoms. The van der Waals surface area contributed by atoms with E-state index in [2.05, 4.69) is 10.0 Å². The Morgan fingerprint density at radius 2 is 1.59 bits per heavy atom. The van der Waals surface area contributed by atoms with E-state index < -0.39 is 10.0 Å². The Bertz CT molecular complexity index is 1200. The summed E-state index contributed by atoms with van der Waals surface area (Å²) in [6.45, 7) is -0.154.